The van der Waals surface area contributed by atoms with Crippen LogP contribution in [0.15, 0.2) is 23.9 Å². The van der Waals surface area contributed by atoms with Gasteiger partial charge >= 0.3 is 11.9 Å². The second-order valence-electron chi connectivity index (χ2n) is 4.25. The number of carbonyl (C=O) groups excluding carboxylic acids is 3. The van der Waals surface area contributed by atoms with Gasteiger partial charge in [-0.05, 0) is 19.8 Å². The second kappa shape index (κ2) is 8.14. The summed E-state index contributed by atoms with van der Waals surface area (Å²) in [5.74, 6) is -1.06. The van der Waals surface area contributed by atoms with Gasteiger partial charge in [0.25, 0.3) is 0 Å². The summed E-state index contributed by atoms with van der Waals surface area (Å²) in [6.07, 6.45) is 6.81. The average Bonchev–Trinajstić information content (AvgIpc) is 2.89. The molecule has 0 aromatic carbocycles. The van der Waals surface area contributed by atoms with Gasteiger partial charge in [0.1, 0.15) is 5.57 Å². The zero-order valence-corrected chi connectivity index (χ0v) is 11.7. The van der Waals surface area contributed by atoms with E-state index in [0.29, 0.717) is 19.4 Å². The summed E-state index contributed by atoms with van der Waals surface area (Å²) in [4.78, 5) is 35.3. The predicted molar refractivity (Wildman–Crippen MR) is 71.7 cm³/mol. The number of methoxy groups -OCH3 is 1. The standard InChI is InChI=1S/C14H19NO5/c1-3-20-13(17)7-6-12-5-4-8-15(12)9-11(10-16)14(18)19-2/h6-7,9-10,12H,3-5,8H2,1-2H3/b7-6+,11-9+/t12-/m0/s1. The third-order valence-corrected chi connectivity index (χ3v) is 2.94. The molecule has 0 bridgehead atoms. The molecule has 0 saturated carbocycles. The minimum Gasteiger partial charge on any atom is -0.465 e. The normalized spacial score (nSPS) is 19.2. The van der Waals surface area contributed by atoms with E-state index in [-0.39, 0.29) is 11.6 Å². The van der Waals surface area contributed by atoms with Crippen molar-refractivity contribution in [2.45, 2.75) is 25.8 Å². The van der Waals surface area contributed by atoms with Crippen LogP contribution >= 0.6 is 0 Å². The monoisotopic (exact) mass is 281 g/mol. The Labute approximate surface area is 118 Å². The highest BCUT2D eigenvalue weighted by molar-refractivity contribution is 6.07. The maximum absolute atomic E-state index is 11.3. The van der Waals surface area contributed by atoms with Crippen molar-refractivity contribution in [3.05, 3.63) is 23.9 Å². The topological polar surface area (TPSA) is 72.9 Å². The Hall–Kier alpha value is -2.11. The minimum atomic E-state index is -0.667. The van der Waals surface area contributed by atoms with E-state index in [9.17, 15) is 14.4 Å². The fourth-order valence-corrected chi connectivity index (χ4v) is 1.99. The van der Waals surface area contributed by atoms with Gasteiger partial charge in [0.15, 0.2) is 6.29 Å². The van der Waals surface area contributed by atoms with Crippen molar-refractivity contribution in [1.82, 2.24) is 4.90 Å². The second-order valence-corrected chi connectivity index (χ2v) is 4.25. The Kier molecular flexibility index (Phi) is 6.49. The molecule has 110 valence electrons. The molecular formula is C14H19NO5. The molecule has 0 aromatic rings. The Bertz CT molecular complexity index is 427. The molecule has 0 aromatic heterocycles. The van der Waals surface area contributed by atoms with Crippen LogP contribution in [0.5, 0.6) is 0 Å². The minimum absolute atomic E-state index is 0.0287. The molecule has 1 aliphatic rings. The van der Waals surface area contributed by atoms with Gasteiger partial charge in [0.05, 0.1) is 13.7 Å². The van der Waals surface area contributed by atoms with Gasteiger partial charge in [-0.2, -0.15) is 0 Å². The van der Waals surface area contributed by atoms with E-state index < -0.39 is 11.9 Å². The van der Waals surface area contributed by atoms with Gasteiger partial charge in [-0.25, -0.2) is 9.59 Å². The van der Waals surface area contributed by atoms with Crippen molar-refractivity contribution in [2.75, 3.05) is 20.3 Å². The van der Waals surface area contributed by atoms with Crippen LogP contribution in [0.4, 0.5) is 0 Å². The molecule has 0 amide bonds. The molecule has 1 rings (SSSR count). The number of carbonyl (C=O) groups is 3. The summed E-state index contributed by atoms with van der Waals surface area (Å²) < 4.78 is 9.33. The summed E-state index contributed by atoms with van der Waals surface area (Å²) in [6.45, 7) is 2.78. The van der Waals surface area contributed by atoms with Crippen molar-refractivity contribution in [1.29, 1.82) is 0 Å². The third-order valence-electron chi connectivity index (χ3n) is 2.94. The molecule has 0 spiro atoms. The highest BCUT2D eigenvalue weighted by Crippen LogP contribution is 2.19. The predicted octanol–water partition coefficient (Wildman–Crippen LogP) is 0.826. The first-order chi connectivity index (χ1) is 9.62. The molecule has 6 nitrogen and oxygen atoms in total. The number of esters is 2. The van der Waals surface area contributed by atoms with E-state index in [2.05, 4.69) is 4.74 Å². The van der Waals surface area contributed by atoms with Crippen molar-refractivity contribution < 1.29 is 23.9 Å². The zero-order chi connectivity index (χ0) is 15.0. The summed E-state index contributed by atoms with van der Waals surface area (Å²) in [5.41, 5.74) is -0.0380. The Balaban J connectivity index is 2.74. The van der Waals surface area contributed by atoms with Gasteiger partial charge in [-0.15, -0.1) is 0 Å². The number of aldehydes is 1. The summed E-state index contributed by atoms with van der Waals surface area (Å²) >= 11 is 0. The van der Waals surface area contributed by atoms with Crippen molar-refractivity contribution in [3.8, 4) is 0 Å². The van der Waals surface area contributed by atoms with Crippen LogP contribution < -0.4 is 0 Å². The summed E-state index contributed by atoms with van der Waals surface area (Å²) in [6, 6.07) is -0.0287. The molecule has 0 unspecified atom stereocenters. The SMILES string of the molecule is CCOC(=O)/C=C/[C@@H]1CCCN1/C=C(\C=O)C(=O)OC. The van der Waals surface area contributed by atoms with Gasteiger partial charge in [-0.3, -0.25) is 4.79 Å². The van der Waals surface area contributed by atoms with E-state index >= 15 is 0 Å². The van der Waals surface area contributed by atoms with Crippen LogP contribution in [0, 0.1) is 0 Å². The number of ether oxygens (including phenoxy) is 2. The van der Waals surface area contributed by atoms with Gasteiger partial charge < -0.3 is 14.4 Å². The molecule has 1 heterocycles. The Morgan fingerprint density at radius 1 is 1.40 bits per heavy atom. The molecular weight excluding hydrogens is 262 g/mol. The quantitative estimate of drug-likeness (QED) is 0.236. The third kappa shape index (κ3) is 4.53. The first-order valence-electron chi connectivity index (χ1n) is 6.48. The van der Waals surface area contributed by atoms with E-state index in [1.54, 1.807) is 13.0 Å². The number of nitrogens with zero attached hydrogens (tertiary/aromatic N) is 1. The Morgan fingerprint density at radius 2 is 2.15 bits per heavy atom. The molecule has 1 aliphatic heterocycles. The lowest BCUT2D eigenvalue weighted by Crippen LogP contribution is -2.24. The molecule has 0 radical (unpaired) electrons. The van der Waals surface area contributed by atoms with E-state index in [4.69, 9.17) is 4.74 Å². The van der Waals surface area contributed by atoms with Crippen molar-refractivity contribution in [3.63, 3.8) is 0 Å². The van der Waals surface area contributed by atoms with Crippen LogP contribution in [0.25, 0.3) is 0 Å². The number of hydrogen-bond donors (Lipinski definition) is 0. The van der Waals surface area contributed by atoms with E-state index in [1.165, 1.54) is 19.4 Å². The molecule has 20 heavy (non-hydrogen) atoms. The van der Waals surface area contributed by atoms with Crippen LogP contribution in [0.3, 0.4) is 0 Å². The number of hydrogen-bond acceptors (Lipinski definition) is 6. The van der Waals surface area contributed by atoms with Crippen molar-refractivity contribution in [2.24, 2.45) is 0 Å². The van der Waals surface area contributed by atoms with Crippen LogP contribution in [0.1, 0.15) is 19.8 Å². The fourth-order valence-electron chi connectivity index (χ4n) is 1.99. The maximum Gasteiger partial charge on any atom is 0.342 e. The first-order valence-corrected chi connectivity index (χ1v) is 6.48. The lowest BCUT2D eigenvalue weighted by atomic mass is 10.2. The molecule has 1 fully saturated rings. The van der Waals surface area contributed by atoms with Crippen LogP contribution in [-0.4, -0.2) is 49.4 Å². The highest BCUT2D eigenvalue weighted by Gasteiger charge is 2.22. The lowest BCUT2D eigenvalue weighted by molar-refractivity contribution is -0.138. The van der Waals surface area contributed by atoms with E-state index in [1.807, 2.05) is 4.90 Å². The zero-order valence-electron chi connectivity index (χ0n) is 11.7. The molecule has 6 heteroatoms. The number of rotatable bonds is 6. The fraction of sp³-hybridized carbons (Fsp3) is 0.500. The number of likely N-dealkylation sites (tertiary alicyclic amines) is 1. The molecule has 1 atom stereocenters. The Morgan fingerprint density at radius 3 is 2.75 bits per heavy atom. The van der Waals surface area contributed by atoms with Gasteiger partial charge in [0, 0.05) is 24.9 Å². The van der Waals surface area contributed by atoms with Crippen molar-refractivity contribution >= 4 is 18.2 Å². The largest absolute Gasteiger partial charge is 0.465 e. The summed E-state index contributed by atoms with van der Waals surface area (Å²) in [5, 5.41) is 0. The molecule has 1 saturated heterocycles. The highest BCUT2D eigenvalue weighted by atomic mass is 16.5. The lowest BCUT2D eigenvalue weighted by Gasteiger charge is -2.20. The summed E-state index contributed by atoms with van der Waals surface area (Å²) in [7, 11) is 1.22. The maximum atomic E-state index is 11.3. The van der Waals surface area contributed by atoms with Gasteiger partial charge in [-0.1, -0.05) is 6.08 Å². The van der Waals surface area contributed by atoms with Crippen LogP contribution in [0.2, 0.25) is 0 Å². The smallest absolute Gasteiger partial charge is 0.342 e. The van der Waals surface area contributed by atoms with E-state index in [0.717, 1.165) is 12.8 Å². The van der Waals surface area contributed by atoms with Crippen LogP contribution in [-0.2, 0) is 23.9 Å². The average molecular weight is 281 g/mol. The van der Waals surface area contributed by atoms with Gasteiger partial charge in [0.2, 0.25) is 0 Å². The first kappa shape index (κ1) is 15.9. The molecule has 0 aliphatic carbocycles. The molecule has 0 N–H and O–H groups in total.